The van der Waals surface area contributed by atoms with Crippen molar-refractivity contribution in [2.45, 2.75) is 322 Å². The summed E-state index contributed by atoms with van der Waals surface area (Å²) in [5.74, 6) is -0.925. The molecular formula is C77H128O6. The first kappa shape index (κ1) is 78.5. The van der Waals surface area contributed by atoms with Crippen molar-refractivity contribution in [3.63, 3.8) is 0 Å². The second kappa shape index (κ2) is 70.0. The molecule has 0 aromatic carbocycles. The first-order chi connectivity index (χ1) is 41.0. The molecule has 0 rings (SSSR count). The Kier molecular flexibility index (Phi) is 66.3. The number of carbonyl (C=O) groups excluding carboxylic acids is 3. The number of unbranched alkanes of at least 4 members (excludes halogenated alkanes) is 29. The topological polar surface area (TPSA) is 78.9 Å². The third kappa shape index (κ3) is 68.2. The maximum absolute atomic E-state index is 13.0. The molecule has 0 bridgehead atoms. The van der Waals surface area contributed by atoms with Gasteiger partial charge >= 0.3 is 17.9 Å². The zero-order valence-corrected chi connectivity index (χ0v) is 54.2. The highest BCUT2D eigenvalue weighted by molar-refractivity contribution is 5.71. The average molecular weight is 1150 g/mol. The van der Waals surface area contributed by atoms with Crippen LogP contribution in [0.5, 0.6) is 0 Å². The highest BCUT2D eigenvalue weighted by Crippen LogP contribution is 2.16. The Bertz CT molecular complexity index is 1750. The van der Waals surface area contributed by atoms with E-state index in [1.165, 1.54) is 148 Å². The van der Waals surface area contributed by atoms with E-state index in [0.717, 1.165) is 128 Å². The number of ether oxygens (including phenoxy) is 3. The normalized spacial score (nSPS) is 13.0. The standard InChI is InChI=1S/C77H128O6/c1-4-7-10-13-16-19-22-25-28-31-34-36-38-40-43-46-49-52-55-58-61-64-67-70-76(79)82-73-74(72-81-75(78)69-66-63-60-57-54-51-48-45-42-33-30-27-24-21-18-15-12-9-6-3)83-77(80)71-68-65-62-59-56-53-50-47-44-41-39-37-35-32-29-26-23-20-17-14-11-8-5-2/h7,9-10,12,16,18-19,21,23,25-28,30,32,34-36,42,45,51,54,74H,4-6,8,11,13-15,17,20,22,24,29,31,33,37-41,43-44,46-50,52-53,55-73H2,1-3H3/b10-7-,12-9-,19-16-,21-18-,26-23-,28-25-,30-27-,35-32-,36-34-,45-42-,54-51-. The molecule has 0 saturated carbocycles. The first-order valence-electron chi connectivity index (χ1n) is 34.7. The summed E-state index contributed by atoms with van der Waals surface area (Å²) in [6.07, 6.45) is 98.9. The largest absolute Gasteiger partial charge is 0.462 e. The summed E-state index contributed by atoms with van der Waals surface area (Å²) in [5.41, 5.74) is 0. The molecule has 1 atom stereocenters. The highest BCUT2D eigenvalue weighted by atomic mass is 16.6. The zero-order valence-electron chi connectivity index (χ0n) is 54.2. The van der Waals surface area contributed by atoms with Gasteiger partial charge in [0.25, 0.3) is 0 Å². The number of carbonyl (C=O) groups is 3. The molecule has 0 N–H and O–H groups in total. The highest BCUT2D eigenvalue weighted by Gasteiger charge is 2.19. The Morgan fingerprint density at radius 3 is 0.747 bits per heavy atom. The molecule has 0 amide bonds. The van der Waals surface area contributed by atoms with Crippen LogP contribution in [0.3, 0.4) is 0 Å². The third-order valence-corrected chi connectivity index (χ3v) is 14.6. The van der Waals surface area contributed by atoms with Crippen molar-refractivity contribution in [2.75, 3.05) is 13.2 Å². The van der Waals surface area contributed by atoms with Crippen LogP contribution in [-0.4, -0.2) is 37.2 Å². The maximum atomic E-state index is 13.0. The molecule has 0 spiro atoms. The van der Waals surface area contributed by atoms with E-state index in [-0.39, 0.29) is 31.1 Å². The molecule has 0 aromatic heterocycles. The second-order valence-electron chi connectivity index (χ2n) is 22.7. The number of hydrogen-bond acceptors (Lipinski definition) is 6. The molecule has 472 valence electrons. The lowest BCUT2D eigenvalue weighted by Crippen LogP contribution is -2.30. The van der Waals surface area contributed by atoms with Crippen LogP contribution >= 0.6 is 0 Å². The van der Waals surface area contributed by atoms with Crippen molar-refractivity contribution < 1.29 is 28.6 Å². The van der Waals surface area contributed by atoms with Crippen molar-refractivity contribution in [3.8, 4) is 0 Å². The van der Waals surface area contributed by atoms with Crippen LogP contribution < -0.4 is 0 Å². The van der Waals surface area contributed by atoms with Gasteiger partial charge in [0.1, 0.15) is 13.2 Å². The molecule has 0 aliphatic rings. The van der Waals surface area contributed by atoms with E-state index in [4.69, 9.17) is 14.2 Å². The van der Waals surface area contributed by atoms with E-state index < -0.39 is 6.10 Å². The van der Waals surface area contributed by atoms with E-state index in [1.807, 2.05) is 0 Å². The predicted molar refractivity (Wildman–Crippen MR) is 362 cm³/mol. The van der Waals surface area contributed by atoms with Crippen LogP contribution in [0.2, 0.25) is 0 Å². The second-order valence-corrected chi connectivity index (χ2v) is 22.7. The summed E-state index contributed by atoms with van der Waals surface area (Å²) in [6, 6.07) is 0. The Morgan fingerprint density at radius 2 is 0.470 bits per heavy atom. The molecular weight excluding hydrogens is 1020 g/mol. The van der Waals surface area contributed by atoms with Gasteiger partial charge in [-0.3, -0.25) is 14.4 Å². The monoisotopic (exact) mass is 1150 g/mol. The SMILES string of the molecule is CC/C=C\C/C=C\C/C=C\C/C=C\C/C=C\CCCCCC(=O)OCC(COC(=O)CCCCCCCCCCCC/C=C\C/C=C\C/C=C\C/C=C\CC)OC(=O)CCCCCCCCCCCCC/C=C\C/C=C\CCCCCCC. The molecule has 83 heavy (non-hydrogen) atoms. The summed E-state index contributed by atoms with van der Waals surface area (Å²) in [4.78, 5) is 38.5. The van der Waals surface area contributed by atoms with Crippen molar-refractivity contribution >= 4 is 17.9 Å². The van der Waals surface area contributed by atoms with Crippen LogP contribution in [0.1, 0.15) is 316 Å². The molecule has 6 heteroatoms. The average Bonchev–Trinajstić information content (AvgIpc) is 3.49. The number of allylic oxidation sites excluding steroid dienone is 22. The van der Waals surface area contributed by atoms with Crippen molar-refractivity contribution in [2.24, 2.45) is 0 Å². The number of hydrogen-bond donors (Lipinski definition) is 0. The van der Waals surface area contributed by atoms with Gasteiger partial charge in [-0.1, -0.05) is 296 Å². The van der Waals surface area contributed by atoms with Crippen molar-refractivity contribution in [1.82, 2.24) is 0 Å². The molecule has 0 aliphatic heterocycles. The zero-order chi connectivity index (χ0) is 59.9. The molecule has 0 saturated heterocycles. The van der Waals surface area contributed by atoms with E-state index in [2.05, 4.69) is 154 Å². The van der Waals surface area contributed by atoms with Crippen LogP contribution in [-0.2, 0) is 28.6 Å². The smallest absolute Gasteiger partial charge is 0.306 e. The van der Waals surface area contributed by atoms with Crippen LogP contribution in [0, 0.1) is 0 Å². The van der Waals surface area contributed by atoms with E-state index >= 15 is 0 Å². The predicted octanol–water partition coefficient (Wildman–Crippen LogP) is 24.1. The minimum absolute atomic E-state index is 0.0944. The lowest BCUT2D eigenvalue weighted by molar-refractivity contribution is -0.167. The van der Waals surface area contributed by atoms with E-state index in [1.54, 1.807) is 0 Å². The van der Waals surface area contributed by atoms with Gasteiger partial charge in [-0.05, 0) is 135 Å². The number of esters is 3. The van der Waals surface area contributed by atoms with Gasteiger partial charge in [0.2, 0.25) is 0 Å². The molecule has 0 radical (unpaired) electrons. The Labute approximate surface area is 513 Å². The molecule has 0 aliphatic carbocycles. The van der Waals surface area contributed by atoms with Crippen LogP contribution in [0.4, 0.5) is 0 Å². The molecule has 0 aromatic rings. The van der Waals surface area contributed by atoms with Crippen molar-refractivity contribution in [1.29, 1.82) is 0 Å². The molecule has 6 nitrogen and oxygen atoms in total. The Hall–Kier alpha value is -4.45. The van der Waals surface area contributed by atoms with Gasteiger partial charge in [-0.15, -0.1) is 0 Å². The van der Waals surface area contributed by atoms with Gasteiger partial charge in [0.05, 0.1) is 0 Å². The molecule has 0 heterocycles. The van der Waals surface area contributed by atoms with Gasteiger partial charge in [0.15, 0.2) is 6.10 Å². The van der Waals surface area contributed by atoms with Gasteiger partial charge in [-0.25, -0.2) is 0 Å². The van der Waals surface area contributed by atoms with E-state index in [0.29, 0.717) is 19.3 Å². The van der Waals surface area contributed by atoms with Gasteiger partial charge in [0, 0.05) is 19.3 Å². The fraction of sp³-hybridized carbons (Fsp3) is 0.675. The summed E-state index contributed by atoms with van der Waals surface area (Å²) in [6.45, 7) is 6.40. The Morgan fingerprint density at radius 1 is 0.253 bits per heavy atom. The number of rotatable bonds is 62. The summed E-state index contributed by atoms with van der Waals surface area (Å²) in [7, 11) is 0. The van der Waals surface area contributed by atoms with Gasteiger partial charge < -0.3 is 14.2 Å². The third-order valence-electron chi connectivity index (χ3n) is 14.6. The van der Waals surface area contributed by atoms with E-state index in [9.17, 15) is 14.4 Å². The first-order valence-corrected chi connectivity index (χ1v) is 34.7. The molecule has 1 unspecified atom stereocenters. The quantitative estimate of drug-likeness (QED) is 0.0261. The lowest BCUT2D eigenvalue weighted by atomic mass is 10.0. The summed E-state index contributed by atoms with van der Waals surface area (Å²) >= 11 is 0. The summed E-state index contributed by atoms with van der Waals surface area (Å²) < 4.78 is 17.0. The van der Waals surface area contributed by atoms with Gasteiger partial charge in [-0.2, -0.15) is 0 Å². The minimum atomic E-state index is -0.802. The minimum Gasteiger partial charge on any atom is -0.462 e. The molecule has 0 fully saturated rings. The summed E-state index contributed by atoms with van der Waals surface area (Å²) in [5, 5.41) is 0. The fourth-order valence-corrected chi connectivity index (χ4v) is 9.49. The fourth-order valence-electron chi connectivity index (χ4n) is 9.49. The van der Waals surface area contributed by atoms with Crippen LogP contribution in [0.15, 0.2) is 134 Å². The lowest BCUT2D eigenvalue weighted by Gasteiger charge is -2.18. The van der Waals surface area contributed by atoms with Crippen LogP contribution in [0.25, 0.3) is 0 Å². The maximum Gasteiger partial charge on any atom is 0.306 e. The Balaban J connectivity index is 4.44. The van der Waals surface area contributed by atoms with Crippen molar-refractivity contribution in [3.05, 3.63) is 134 Å².